The monoisotopic (exact) mass is 268 g/mol. The van der Waals surface area contributed by atoms with E-state index in [4.69, 9.17) is 10.5 Å². The highest BCUT2D eigenvalue weighted by Crippen LogP contribution is 2.44. The van der Waals surface area contributed by atoms with Crippen molar-refractivity contribution >= 4 is 6.09 Å². The first-order chi connectivity index (χ1) is 8.57. The van der Waals surface area contributed by atoms with Gasteiger partial charge in [-0.2, -0.15) is 0 Å². The highest BCUT2D eigenvalue weighted by molar-refractivity contribution is 5.68. The summed E-state index contributed by atoms with van der Waals surface area (Å²) in [6.07, 6.45) is 2.02. The molecule has 1 heterocycles. The van der Waals surface area contributed by atoms with Crippen molar-refractivity contribution in [2.75, 3.05) is 13.1 Å². The molecule has 0 aromatic heterocycles. The molecule has 1 aliphatic carbocycles. The molecule has 2 fully saturated rings. The number of nitrogens with two attached hydrogens (primary N) is 1. The van der Waals surface area contributed by atoms with E-state index < -0.39 is 5.60 Å². The molecule has 0 spiro atoms. The zero-order valence-corrected chi connectivity index (χ0v) is 12.9. The third kappa shape index (κ3) is 3.41. The number of carbonyl (C=O) groups excluding carboxylic acids is 1. The lowest BCUT2D eigenvalue weighted by atomic mass is 9.63. The largest absolute Gasteiger partial charge is 0.444 e. The summed E-state index contributed by atoms with van der Waals surface area (Å²) in [5.74, 6) is 0.824. The van der Waals surface area contributed by atoms with Crippen LogP contribution in [0.2, 0.25) is 0 Å². The fraction of sp³-hybridized carbons (Fsp3) is 0.933. The van der Waals surface area contributed by atoms with Crippen molar-refractivity contribution in [2.45, 2.75) is 59.1 Å². The topological polar surface area (TPSA) is 55.6 Å². The molecular weight excluding hydrogens is 240 g/mol. The van der Waals surface area contributed by atoms with Crippen molar-refractivity contribution in [3.63, 3.8) is 0 Å². The summed E-state index contributed by atoms with van der Waals surface area (Å²) in [7, 11) is 0. The Morgan fingerprint density at radius 3 is 2.11 bits per heavy atom. The molecule has 2 N–H and O–H groups in total. The number of amides is 1. The number of rotatable bonds is 0. The Labute approximate surface area is 116 Å². The molecule has 1 amide bonds. The third-order valence-corrected chi connectivity index (χ3v) is 4.28. The van der Waals surface area contributed by atoms with Gasteiger partial charge in [0.15, 0.2) is 0 Å². The zero-order chi connectivity index (χ0) is 14.4. The summed E-state index contributed by atoms with van der Waals surface area (Å²) in [5, 5.41) is 0. The molecule has 0 radical (unpaired) electrons. The fourth-order valence-corrected chi connectivity index (χ4v) is 3.65. The predicted molar refractivity (Wildman–Crippen MR) is 75.8 cm³/mol. The lowest BCUT2D eigenvalue weighted by Crippen LogP contribution is -2.59. The van der Waals surface area contributed by atoms with Crippen LogP contribution < -0.4 is 5.73 Å². The van der Waals surface area contributed by atoms with E-state index in [1.807, 2.05) is 25.7 Å². The molecule has 2 atom stereocenters. The van der Waals surface area contributed by atoms with Crippen LogP contribution in [0.1, 0.15) is 47.5 Å². The molecule has 4 nitrogen and oxygen atoms in total. The van der Waals surface area contributed by atoms with Gasteiger partial charge in [0.2, 0.25) is 0 Å². The van der Waals surface area contributed by atoms with Gasteiger partial charge in [-0.05, 0) is 50.9 Å². The van der Waals surface area contributed by atoms with E-state index in [9.17, 15) is 4.79 Å². The second-order valence-electron chi connectivity index (χ2n) is 8.06. The van der Waals surface area contributed by atoms with Crippen LogP contribution >= 0.6 is 0 Å². The van der Waals surface area contributed by atoms with Gasteiger partial charge in [-0.25, -0.2) is 4.79 Å². The number of piperidine rings is 1. The maximum atomic E-state index is 12.2. The quantitative estimate of drug-likeness (QED) is 0.734. The fourth-order valence-electron chi connectivity index (χ4n) is 3.65. The molecule has 2 aliphatic rings. The van der Waals surface area contributed by atoms with Gasteiger partial charge in [-0.3, -0.25) is 0 Å². The normalized spacial score (nSPS) is 34.0. The molecule has 1 aliphatic heterocycles. The molecule has 0 aromatic carbocycles. The maximum Gasteiger partial charge on any atom is 0.410 e. The van der Waals surface area contributed by atoms with E-state index in [-0.39, 0.29) is 12.1 Å². The minimum atomic E-state index is -0.426. The van der Waals surface area contributed by atoms with E-state index in [2.05, 4.69) is 13.8 Å². The van der Waals surface area contributed by atoms with Crippen molar-refractivity contribution in [3.8, 4) is 0 Å². The predicted octanol–water partition coefficient (Wildman–Crippen LogP) is 2.62. The first-order valence-corrected chi connectivity index (χ1v) is 7.31. The number of hydrogen-bond acceptors (Lipinski definition) is 3. The summed E-state index contributed by atoms with van der Waals surface area (Å²) < 4.78 is 5.48. The maximum absolute atomic E-state index is 12.2. The summed E-state index contributed by atoms with van der Waals surface area (Å²) in [4.78, 5) is 14.0. The molecule has 1 saturated carbocycles. The number of fused-ring (bicyclic) bond motifs is 2. The molecule has 4 heteroatoms. The van der Waals surface area contributed by atoms with Gasteiger partial charge in [0, 0.05) is 19.1 Å². The number of ether oxygens (including phenoxy) is 1. The number of nitrogens with zero attached hydrogens (tertiary/aromatic N) is 1. The Morgan fingerprint density at radius 1 is 1.21 bits per heavy atom. The van der Waals surface area contributed by atoms with E-state index in [0.29, 0.717) is 17.3 Å². The molecule has 1 saturated heterocycles. The van der Waals surface area contributed by atoms with Gasteiger partial charge in [0.05, 0.1) is 0 Å². The Kier molecular flexibility index (Phi) is 3.58. The van der Waals surface area contributed by atoms with Gasteiger partial charge in [0.25, 0.3) is 0 Å². The van der Waals surface area contributed by atoms with Gasteiger partial charge in [-0.15, -0.1) is 0 Å². The molecule has 0 aromatic rings. The van der Waals surface area contributed by atoms with Crippen molar-refractivity contribution < 1.29 is 9.53 Å². The third-order valence-electron chi connectivity index (χ3n) is 4.28. The summed E-state index contributed by atoms with van der Waals surface area (Å²) >= 11 is 0. The Balaban J connectivity index is 2.04. The van der Waals surface area contributed by atoms with Gasteiger partial charge in [0.1, 0.15) is 5.60 Å². The SMILES string of the molecule is CC1(C)CC2CN(C(=O)OC(C)(C)C)CC(C1)C2N. The summed E-state index contributed by atoms with van der Waals surface area (Å²) in [6, 6.07) is 0.242. The number of likely N-dealkylation sites (tertiary alicyclic amines) is 1. The second-order valence-corrected chi connectivity index (χ2v) is 8.06. The minimum absolute atomic E-state index is 0.186. The van der Waals surface area contributed by atoms with Crippen LogP contribution in [-0.2, 0) is 4.74 Å². The Hall–Kier alpha value is -0.770. The Morgan fingerprint density at radius 2 is 1.68 bits per heavy atom. The molecule has 2 bridgehead atoms. The molecule has 19 heavy (non-hydrogen) atoms. The van der Waals surface area contributed by atoms with E-state index in [1.54, 1.807) is 0 Å². The highest BCUT2D eigenvalue weighted by atomic mass is 16.6. The average molecular weight is 268 g/mol. The van der Waals surface area contributed by atoms with Crippen molar-refractivity contribution in [3.05, 3.63) is 0 Å². The zero-order valence-electron chi connectivity index (χ0n) is 12.9. The van der Waals surface area contributed by atoms with Crippen LogP contribution in [0.5, 0.6) is 0 Å². The Bertz CT molecular complexity index is 342. The van der Waals surface area contributed by atoms with Crippen LogP contribution in [0.4, 0.5) is 4.79 Å². The van der Waals surface area contributed by atoms with Crippen LogP contribution in [-0.4, -0.2) is 35.7 Å². The summed E-state index contributed by atoms with van der Waals surface area (Å²) in [6.45, 7) is 11.8. The molecule has 2 unspecified atom stereocenters. The van der Waals surface area contributed by atoms with Crippen LogP contribution in [0.15, 0.2) is 0 Å². The molecular formula is C15H28N2O2. The van der Waals surface area contributed by atoms with Crippen LogP contribution in [0.3, 0.4) is 0 Å². The van der Waals surface area contributed by atoms with Gasteiger partial charge in [-0.1, -0.05) is 13.8 Å². The van der Waals surface area contributed by atoms with Crippen molar-refractivity contribution in [2.24, 2.45) is 23.0 Å². The van der Waals surface area contributed by atoms with Gasteiger partial charge >= 0.3 is 6.09 Å². The average Bonchev–Trinajstić information content (AvgIpc) is 2.17. The van der Waals surface area contributed by atoms with Crippen LogP contribution in [0.25, 0.3) is 0 Å². The standard InChI is InChI=1S/C15H28N2O2/c1-14(2,3)19-13(18)17-8-10-6-15(4,5)7-11(9-17)12(10)16/h10-12H,6-9,16H2,1-5H3. The second kappa shape index (κ2) is 4.65. The van der Waals surface area contributed by atoms with Crippen LogP contribution in [0, 0.1) is 17.3 Å². The molecule has 110 valence electrons. The van der Waals surface area contributed by atoms with Gasteiger partial charge < -0.3 is 15.4 Å². The number of hydrogen-bond donors (Lipinski definition) is 1. The first kappa shape index (κ1) is 14.6. The van der Waals surface area contributed by atoms with Crippen molar-refractivity contribution in [1.29, 1.82) is 0 Å². The lowest BCUT2D eigenvalue weighted by Gasteiger charge is -2.51. The number of carbonyl (C=O) groups is 1. The van der Waals surface area contributed by atoms with E-state index >= 15 is 0 Å². The summed E-state index contributed by atoms with van der Waals surface area (Å²) in [5.41, 5.74) is 6.24. The lowest BCUT2D eigenvalue weighted by molar-refractivity contribution is -0.0210. The first-order valence-electron chi connectivity index (χ1n) is 7.31. The van der Waals surface area contributed by atoms with E-state index in [0.717, 1.165) is 25.9 Å². The minimum Gasteiger partial charge on any atom is -0.444 e. The smallest absolute Gasteiger partial charge is 0.410 e. The molecule has 2 rings (SSSR count). The van der Waals surface area contributed by atoms with E-state index in [1.165, 1.54) is 0 Å². The highest BCUT2D eigenvalue weighted by Gasteiger charge is 2.45. The van der Waals surface area contributed by atoms with Crippen molar-refractivity contribution in [1.82, 2.24) is 4.90 Å².